The second-order valence-corrected chi connectivity index (χ2v) is 6.75. The number of benzene rings is 2. The SMILES string of the molecule is O=C1CC[C@H](C(=O)O)NC(=O)[C@@H]([C@@H](Nc2ccccc2)c2ccccc2)CN1. The molecule has 0 unspecified atom stereocenters. The van der Waals surface area contributed by atoms with Crippen molar-refractivity contribution in [2.75, 3.05) is 11.9 Å². The summed E-state index contributed by atoms with van der Waals surface area (Å²) in [4.78, 5) is 36.5. The second-order valence-electron chi connectivity index (χ2n) is 6.75. The number of anilines is 1. The van der Waals surface area contributed by atoms with Gasteiger partial charge in [0.25, 0.3) is 0 Å². The molecule has 1 heterocycles. The molecular weight excluding hydrogens is 358 g/mol. The number of para-hydroxylation sites is 1. The fourth-order valence-electron chi connectivity index (χ4n) is 3.28. The van der Waals surface area contributed by atoms with Gasteiger partial charge in [0, 0.05) is 18.7 Å². The van der Waals surface area contributed by atoms with Crippen LogP contribution in [-0.2, 0) is 14.4 Å². The molecule has 0 aliphatic carbocycles. The first-order valence-corrected chi connectivity index (χ1v) is 9.21. The second kappa shape index (κ2) is 9.03. The van der Waals surface area contributed by atoms with Crippen molar-refractivity contribution in [1.29, 1.82) is 0 Å². The highest BCUT2D eigenvalue weighted by Crippen LogP contribution is 2.27. The van der Waals surface area contributed by atoms with Crippen LogP contribution in [0.4, 0.5) is 5.69 Å². The van der Waals surface area contributed by atoms with Gasteiger partial charge in [-0.2, -0.15) is 0 Å². The van der Waals surface area contributed by atoms with Crippen LogP contribution in [0, 0.1) is 5.92 Å². The van der Waals surface area contributed by atoms with Crippen molar-refractivity contribution in [3.8, 4) is 0 Å². The van der Waals surface area contributed by atoms with E-state index in [-0.39, 0.29) is 25.3 Å². The van der Waals surface area contributed by atoms with Gasteiger partial charge >= 0.3 is 5.97 Å². The Balaban J connectivity index is 1.94. The Morgan fingerprint density at radius 3 is 2.32 bits per heavy atom. The van der Waals surface area contributed by atoms with Crippen LogP contribution in [0.1, 0.15) is 24.4 Å². The number of aliphatic carboxylic acids is 1. The van der Waals surface area contributed by atoms with E-state index in [9.17, 15) is 19.5 Å². The lowest BCUT2D eigenvalue weighted by atomic mass is 9.91. The number of hydrogen-bond acceptors (Lipinski definition) is 4. The summed E-state index contributed by atoms with van der Waals surface area (Å²) in [6.07, 6.45) is 0.105. The molecule has 2 aromatic carbocycles. The fourth-order valence-corrected chi connectivity index (χ4v) is 3.28. The van der Waals surface area contributed by atoms with Crippen LogP contribution >= 0.6 is 0 Å². The van der Waals surface area contributed by atoms with Crippen LogP contribution in [0.3, 0.4) is 0 Å². The average molecular weight is 381 g/mol. The number of amides is 2. The molecule has 3 atom stereocenters. The Hall–Kier alpha value is -3.35. The van der Waals surface area contributed by atoms with Gasteiger partial charge in [0.15, 0.2) is 0 Å². The monoisotopic (exact) mass is 381 g/mol. The van der Waals surface area contributed by atoms with Crippen molar-refractivity contribution in [1.82, 2.24) is 10.6 Å². The molecule has 2 amide bonds. The molecule has 146 valence electrons. The topological polar surface area (TPSA) is 108 Å². The third-order valence-corrected chi connectivity index (χ3v) is 4.79. The molecule has 1 saturated heterocycles. The van der Waals surface area contributed by atoms with E-state index in [2.05, 4.69) is 16.0 Å². The molecule has 1 fully saturated rings. The van der Waals surface area contributed by atoms with E-state index in [1.54, 1.807) is 0 Å². The number of rotatable bonds is 5. The van der Waals surface area contributed by atoms with Crippen molar-refractivity contribution in [3.63, 3.8) is 0 Å². The van der Waals surface area contributed by atoms with Crippen LogP contribution in [0.25, 0.3) is 0 Å². The molecule has 28 heavy (non-hydrogen) atoms. The molecule has 0 aromatic heterocycles. The molecule has 3 rings (SSSR count). The quantitative estimate of drug-likeness (QED) is 0.633. The first kappa shape index (κ1) is 19.4. The molecule has 1 aliphatic rings. The third-order valence-electron chi connectivity index (χ3n) is 4.79. The van der Waals surface area contributed by atoms with Gasteiger partial charge in [-0.1, -0.05) is 48.5 Å². The molecule has 7 heteroatoms. The summed E-state index contributed by atoms with van der Waals surface area (Å²) in [6, 6.07) is 17.3. The number of carbonyl (C=O) groups excluding carboxylic acids is 2. The highest BCUT2D eigenvalue weighted by atomic mass is 16.4. The molecule has 2 aromatic rings. The summed E-state index contributed by atoms with van der Waals surface area (Å²) >= 11 is 0. The molecule has 0 radical (unpaired) electrons. The van der Waals surface area contributed by atoms with E-state index in [0.717, 1.165) is 11.3 Å². The van der Waals surface area contributed by atoms with Gasteiger partial charge in [-0.05, 0) is 24.1 Å². The van der Waals surface area contributed by atoms with Gasteiger partial charge in [-0.3, -0.25) is 9.59 Å². The van der Waals surface area contributed by atoms with Crippen LogP contribution < -0.4 is 16.0 Å². The number of hydrogen-bond donors (Lipinski definition) is 4. The number of carbonyl (C=O) groups is 3. The lowest BCUT2D eigenvalue weighted by Crippen LogP contribution is -2.47. The van der Waals surface area contributed by atoms with Crippen LogP contribution in [0.5, 0.6) is 0 Å². The molecule has 0 spiro atoms. The smallest absolute Gasteiger partial charge is 0.326 e. The van der Waals surface area contributed by atoms with Crippen LogP contribution in [0.2, 0.25) is 0 Å². The minimum absolute atomic E-state index is 0.0477. The highest BCUT2D eigenvalue weighted by Gasteiger charge is 2.34. The first-order chi connectivity index (χ1) is 13.5. The summed E-state index contributed by atoms with van der Waals surface area (Å²) in [7, 11) is 0. The molecule has 0 bridgehead atoms. The largest absolute Gasteiger partial charge is 0.480 e. The minimum atomic E-state index is -1.14. The maximum absolute atomic E-state index is 13.0. The maximum Gasteiger partial charge on any atom is 0.326 e. The summed E-state index contributed by atoms with van der Waals surface area (Å²) in [5.41, 5.74) is 1.69. The normalized spacial score (nSPS) is 21.3. The standard InChI is InChI=1S/C21H23N3O4/c25-18-12-11-17(21(27)28)24-20(26)16(13-22-18)19(14-7-3-1-4-8-14)23-15-9-5-2-6-10-15/h1-10,16-17,19,23H,11-13H2,(H,22,25)(H,24,26)(H,27,28)/t16-,17-,19+/m1/s1. The van der Waals surface area contributed by atoms with Gasteiger partial charge in [0.2, 0.25) is 11.8 Å². The Morgan fingerprint density at radius 1 is 1.04 bits per heavy atom. The predicted molar refractivity (Wildman–Crippen MR) is 105 cm³/mol. The minimum Gasteiger partial charge on any atom is -0.480 e. The van der Waals surface area contributed by atoms with Gasteiger partial charge in [0.05, 0.1) is 12.0 Å². The maximum atomic E-state index is 13.0. The van der Waals surface area contributed by atoms with Gasteiger partial charge in [0.1, 0.15) is 6.04 Å². The average Bonchev–Trinajstić information content (AvgIpc) is 2.77. The summed E-state index contributed by atoms with van der Waals surface area (Å²) in [6.45, 7) is 0.108. The zero-order chi connectivity index (χ0) is 19.9. The Bertz CT molecular complexity index is 826. The summed E-state index contributed by atoms with van der Waals surface area (Å²) < 4.78 is 0. The van der Waals surface area contributed by atoms with Crippen molar-refractivity contribution in [3.05, 3.63) is 66.2 Å². The van der Waals surface area contributed by atoms with E-state index in [0.29, 0.717) is 0 Å². The van der Waals surface area contributed by atoms with E-state index >= 15 is 0 Å². The number of nitrogens with one attached hydrogen (secondary N) is 3. The summed E-state index contributed by atoms with van der Waals surface area (Å²) in [5, 5.41) is 18.1. The first-order valence-electron chi connectivity index (χ1n) is 9.21. The zero-order valence-electron chi connectivity index (χ0n) is 15.3. The Labute approximate surface area is 163 Å². The number of carboxylic acid groups (broad SMARTS) is 1. The molecule has 0 saturated carbocycles. The molecule has 7 nitrogen and oxygen atoms in total. The fraction of sp³-hybridized carbons (Fsp3) is 0.286. The lowest BCUT2D eigenvalue weighted by molar-refractivity contribution is -0.142. The van der Waals surface area contributed by atoms with Crippen molar-refractivity contribution < 1.29 is 19.5 Å². The van der Waals surface area contributed by atoms with Crippen molar-refractivity contribution in [2.24, 2.45) is 5.92 Å². The highest BCUT2D eigenvalue weighted by molar-refractivity contribution is 5.88. The molecule has 4 N–H and O–H groups in total. The van der Waals surface area contributed by atoms with Gasteiger partial charge in [-0.15, -0.1) is 0 Å². The van der Waals surface area contributed by atoms with Gasteiger partial charge in [-0.25, -0.2) is 4.79 Å². The van der Waals surface area contributed by atoms with Crippen LogP contribution in [0.15, 0.2) is 60.7 Å². The Kier molecular flexibility index (Phi) is 6.26. The Morgan fingerprint density at radius 2 is 1.68 bits per heavy atom. The van der Waals surface area contributed by atoms with E-state index in [1.165, 1.54) is 0 Å². The van der Waals surface area contributed by atoms with Crippen molar-refractivity contribution >= 4 is 23.5 Å². The van der Waals surface area contributed by atoms with Crippen LogP contribution in [-0.4, -0.2) is 35.5 Å². The molecule has 1 aliphatic heterocycles. The number of carboxylic acids is 1. The van der Waals surface area contributed by atoms with Crippen molar-refractivity contribution in [2.45, 2.75) is 24.9 Å². The molecular formula is C21H23N3O4. The lowest BCUT2D eigenvalue weighted by Gasteiger charge is -2.29. The predicted octanol–water partition coefficient (Wildman–Crippen LogP) is 1.94. The van der Waals surface area contributed by atoms with E-state index < -0.39 is 29.9 Å². The zero-order valence-corrected chi connectivity index (χ0v) is 15.3. The van der Waals surface area contributed by atoms with E-state index in [4.69, 9.17) is 0 Å². The third kappa shape index (κ3) is 4.88. The van der Waals surface area contributed by atoms with E-state index in [1.807, 2.05) is 60.7 Å². The summed E-state index contributed by atoms with van der Waals surface area (Å²) in [5.74, 6) is -2.51. The van der Waals surface area contributed by atoms with Gasteiger partial charge < -0.3 is 21.1 Å².